The van der Waals surface area contributed by atoms with Crippen LogP contribution in [0.4, 0.5) is 0 Å². The van der Waals surface area contributed by atoms with Gasteiger partial charge in [0.1, 0.15) is 0 Å². The number of benzene rings is 2. The molecule has 0 saturated carbocycles. The zero-order valence-electron chi connectivity index (χ0n) is 10.7. The summed E-state index contributed by atoms with van der Waals surface area (Å²) in [7, 11) is -0.804. The van der Waals surface area contributed by atoms with E-state index in [0.29, 0.717) is 0 Å². The molecule has 0 spiro atoms. The lowest BCUT2D eigenvalue weighted by Crippen LogP contribution is -2.27. The molecule has 3 rings (SSSR count). The van der Waals surface area contributed by atoms with E-state index in [4.69, 9.17) is 4.65 Å². The van der Waals surface area contributed by atoms with E-state index in [2.05, 4.69) is 0 Å². The van der Waals surface area contributed by atoms with Crippen LogP contribution in [0.15, 0.2) is 54.6 Å². The van der Waals surface area contributed by atoms with Crippen molar-refractivity contribution < 1.29 is 9.68 Å². The van der Waals surface area contributed by atoms with E-state index in [1.165, 1.54) is 0 Å². The summed E-state index contributed by atoms with van der Waals surface area (Å²) in [5.74, 6) is 0. The molecule has 1 aliphatic rings. The van der Waals surface area contributed by atoms with Gasteiger partial charge in [-0.3, -0.25) is 0 Å². The molecule has 92 valence electrons. The lowest BCUT2D eigenvalue weighted by Gasteiger charge is -2.12. The fourth-order valence-electron chi connectivity index (χ4n) is 2.14. The summed E-state index contributed by atoms with van der Waals surface area (Å²) in [6, 6.07) is 17.7. The van der Waals surface area contributed by atoms with Gasteiger partial charge in [-0.2, -0.15) is 0 Å². The highest BCUT2D eigenvalue weighted by Crippen LogP contribution is 2.29. The van der Waals surface area contributed by atoms with Crippen LogP contribution in [0.2, 0.25) is 0 Å². The van der Waals surface area contributed by atoms with Crippen LogP contribution in [0.1, 0.15) is 31.1 Å². The molecule has 0 fully saturated rings. The molecule has 2 nitrogen and oxygen atoms in total. The van der Waals surface area contributed by atoms with Gasteiger partial charge >= 0.3 is 7.12 Å². The minimum absolute atomic E-state index is 0.146. The highest BCUT2D eigenvalue weighted by Gasteiger charge is 2.35. The smallest absolute Gasteiger partial charge is 0.423 e. The van der Waals surface area contributed by atoms with Crippen molar-refractivity contribution in [3.05, 3.63) is 65.7 Å². The van der Waals surface area contributed by atoms with Crippen molar-refractivity contribution >= 4 is 12.6 Å². The minimum atomic E-state index is -0.804. The highest BCUT2D eigenvalue weighted by molar-refractivity contribution is 6.61. The SMILES string of the molecule is CC.OB1OC(c2ccccc2)c2ccccc21. The van der Waals surface area contributed by atoms with Gasteiger partial charge in [-0.25, -0.2) is 0 Å². The number of fused-ring (bicyclic) bond motifs is 1. The van der Waals surface area contributed by atoms with Crippen LogP contribution >= 0.6 is 0 Å². The maximum absolute atomic E-state index is 9.79. The van der Waals surface area contributed by atoms with E-state index >= 15 is 0 Å². The van der Waals surface area contributed by atoms with Gasteiger partial charge in [-0.1, -0.05) is 68.4 Å². The average Bonchev–Trinajstić information content (AvgIpc) is 2.80. The Balaban J connectivity index is 0.000000574. The van der Waals surface area contributed by atoms with Crippen molar-refractivity contribution in [2.45, 2.75) is 20.0 Å². The summed E-state index contributed by atoms with van der Waals surface area (Å²) in [5, 5.41) is 9.79. The lowest BCUT2D eigenvalue weighted by atomic mass is 9.79. The summed E-state index contributed by atoms with van der Waals surface area (Å²) in [6.07, 6.45) is -0.146. The lowest BCUT2D eigenvalue weighted by molar-refractivity contribution is 0.226. The van der Waals surface area contributed by atoms with Crippen molar-refractivity contribution in [3.8, 4) is 0 Å². The molecule has 0 saturated heterocycles. The van der Waals surface area contributed by atoms with Gasteiger partial charge in [0.2, 0.25) is 0 Å². The van der Waals surface area contributed by atoms with Crippen LogP contribution in [-0.2, 0) is 4.65 Å². The Hall–Kier alpha value is -1.58. The summed E-state index contributed by atoms with van der Waals surface area (Å²) in [5.41, 5.74) is 3.00. The second-order valence-corrected chi connectivity index (χ2v) is 3.91. The third-order valence-electron chi connectivity index (χ3n) is 2.91. The number of hydrogen-bond acceptors (Lipinski definition) is 2. The molecular weight excluding hydrogens is 223 g/mol. The molecule has 1 N–H and O–H groups in total. The summed E-state index contributed by atoms with van der Waals surface area (Å²) in [4.78, 5) is 0. The Morgan fingerprint density at radius 3 is 2.28 bits per heavy atom. The minimum Gasteiger partial charge on any atom is -0.423 e. The molecule has 1 unspecified atom stereocenters. The molecule has 1 heterocycles. The van der Waals surface area contributed by atoms with Gasteiger partial charge in [0, 0.05) is 0 Å². The van der Waals surface area contributed by atoms with Gasteiger partial charge < -0.3 is 9.68 Å². The molecule has 0 aromatic heterocycles. The summed E-state index contributed by atoms with van der Waals surface area (Å²) < 4.78 is 5.57. The second kappa shape index (κ2) is 5.85. The van der Waals surface area contributed by atoms with Gasteiger partial charge in [-0.05, 0) is 16.6 Å². The fraction of sp³-hybridized carbons (Fsp3) is 0.200. The zero-order valence-corrected chi connectivity index (χ0v) is 10.7. The molecule has 0 radical (unpaired) electrons. The van der Waals surface area contributed by atoms with Crippen LogP contribution in [0.25, 0.3) is 0 Å². The highest BCUT2D eigenvalue weighted by atomic mass is 16.5. The molecule has 2 aromatic carbocycles. The van der Waals surface area contributed by atoms with Gasteiger partial charge in [0.05, 0.1) is 6.10 Å². The Kier molecular flexibility index (Phi) is 4.18. The first-order chi connectivity index (χ1) is 8.86. The van der Waals surface area contributed by atoms with Crippen LogP contribution in [0.5, 0.6) is 0 Å². The topological polar surface area (TPSA) is 29.5 Å². The first-order valence-corrected chi connectivity index (χ1v) is 6.33. The zero-order chi connectivity index (χ0) is 13.0. The molecular formula is C15H17BO2. The molecule has 1 atom stereocenters. The normalized spacial score (nSPS) is 16.8. The molecule has 0 aliphatic carbocycles. The maximum atomic E-state index is 9.79. The van der Waals surface area contributed by atoms with Crippen LogP contribution in [-0.4, -0.2) is 12.1 Å². The van der Waals surface area contributed by atoms with Crippen molar-refractivity contribution in [1.29, 1.82) is 0 Å². The van der Waals surface area contributed by atoms with Gasteiger partial charge in [-0.15, -0.1) is 0 Å². The standard InChI is InChI=1S/C13H11BO2.C2H6/c15-14-12-9-5-4-8-11(12)13(16-14)10-6-2-1-3-7-10;1-2/h1-9,13,15H;1-2H3. The molecule has 1 aliphatic heterocycles. The first kappa shape index (κ1) is 12.9. The molecule has 2 aromatic rings. The molecule has 3 heteroatoms. The van der Waals surface area contributed by atoms with Crippen LogP contribution in [0.3, 0.4) is 0 Å². The quantitative estimate of drug-likeness (QED) is 0.776. The Morgan fingerprint density at radius 1 is 0.944 bits per heavy atom. The van der Waals surface area contributed by atoms with E-state index in [9.17, 15) is 5.02 Å². The predicted octanol–water partition coefficient (Wildman–Crippen LogP) is 2.52. The van der Waals surface area contributed by atoms with E-state index in [0.717, 1.165) is 16.6 Å². The van der Waals surface area contributed by atoms with E-state index in [-0.39, 0.29) is 6.10 Å². The predicted molar refractivity (Wildman–Crippen MR) is 74.8 cm³/mol. The van der Waals surface area contributed by atoms with E-state index < -0.39 is 7.12 Å². The van der Waals surface area contributed by atoms with Crippen molar-refractivity contribution in [2.24, 2.45) is 0 Å². The van der Waals surface area contributed by atoms with E-state index in [1.807, 2.05) is 68.4 Å². The second-order valence-electron chi connectivity index (χ2n) is 3.91. The van der Waals surface area contributed by atoms with Gasteiger partial charge in [0.25, 0.3) is 0 Å². The third-order valence-corrected chi connectivity index (χ3v) is 2.91. The average molecular weight is 240 g/mol. The van der Waals surface area contributed by atoms with Crippen molar-refractivity contribution in [1.82, 2.24) is 0 Å². The number of hydrogen-bond donors (Lipinski definition) is 1. The Labute approximate surface area is 108 Å². The first-order valence-electron chi connectivity index (χ1n) is 6.33. The summed E-state index contributed by atoms with van der Waals surface area (Å²) in [6.45, 7) is 4.00. The largest absolute Gasteiger partial charge is 0.492 e. The third kappa shape index (κ3) is 2.33. The Bertz CT molecular complexity index is 499. The maximum Gasteiger partial charge on any atom is 0.492 e. The number of rotatable bonds is 1. The van der Waals surface area contributed by atoms with Gasteiger partial charge in [0.15, 0.2) is 0 Å². The molecule has 18 heavy (non-hydrogen) atoms. The van der Waals surface area contributed by atoms with Crippen molar-refractivity contribution in [3.63, 3.8) is 0 Å². The Morgan fingerprint density at radius 2 is 1.56 bits per heavy atom. The van der Waals surface area contributed by atoms with Crippen LogP contribution in [0, 0.1) is 0 Å². The summed E-state index contributed by atoms with van der Waals surface area (Å²) >= 11 is 0. The molecule has 0 amide bonds. The van der Waals surface area contributed by atoms with E-state index in [1.54, 1.807) is 0 Å². The molecule has 0 bridgehead atoms. The fourth-order valence-corrected chi connectivity index (χ4v) is 2.14. The monoisotopic (exact) mass is 240 g/mol. The van der Waals surface area contributed by atoms with Crippen molar-refractivity contribution in [2.75, 3.05) is 0 Å². The van der Waals surface area contributed by atoms with Crippen LogP contribution < -0.4 is 5.46 Å².